The summed E-state index contributed by atoms with van der Waals surface area (Å²) in [5.74, 6) is 1.57. The van der Waals surface area contributed by atoms with Gasteiger partial charge in [0, 0.05) is 24.9 Å². The van der Waals surface area contributed by atoms with Crippen LogP contribution in [0.1, 0.15) is 17.0 Å². The lowest BCUT2D eigenvalue weighted by atomic mass is 10.2. The van der Waals surface area contributed by atoms with Crippen molar-refractivity contribution in [2.24, 2.45) is 0 Å². The average molecular weight is 499 g/mol. The lowest BCUT2D eigenvalue weighted by Crippen LogP contribution is -2.13. The molecule has 10 heteroatoms. The molecule has 0 aliphatic rings. The van der Waals surface area contributed by atoms with Gasteiger partial charge >= 0.3 is 5.97 Å². The molecule has 5 N–H and O–H groups in total. The van der Waals surface area contributed by atoms with E-state index < -0.39 is 5.97 Å². The van der Waals surface area contributed by atoms with Crippen molar-refractivity contribution in [1.29, 1.82) is 0 Å². The highest BCUT2D eigenvalue weighted by atomic mass is 16.5. The van der Waals surface area contributed by atoms with E-state index in [4.69, 9.17) is 4.74 Å². The van der Waals surface area contributed by atoms with Crippen LogP contribution in [0.3, 0.4) is 0 Å². The number of nitrogens with zero attached hydrogens (tertiary/aromatic N) is 3. The molecule has 4 rings (SSSR count). The number of ether oxygens (including phenoxy) is 1. The van der Waals surface area contributed by atoms with Crippen LogP contribution in [0, 0.1) is 0 Å². The Morgan fingerprint density at radius 1 is 0.730 bits per heavy atom. The molecule has 0 spiro atoms. The zero-order valence-electron chi connectivity index (χ0n) is 19.9. The minimum atomic E-state index is -0.523. The molecule has 0 radical (unpaired) electrons. The van der Waals surface area contributed by atoms with Gasteiger partial charge in [-0.15, -0.1) is 0 Å². The topological polar surface area (TPSA) is 142 Å². The van der Waals surface area contributed by atoms with Crippen LogP contribution in [0.25, 0.3) is 0 Å². The number of benzene rings is 3. The van der Waals surface area contributed by atoms with Gasteiger partial charge in [-0.1, -0.05) is 30.8 Å². The van der Waals surface area contributed by atoms with E-state index in [9.17, 15) is 15.0 Å². The largest absolute Gasteiger partial charge is 0.508 e. The minimum absolute atomic E-state index is 0.199. The first-order chi connectivity index (χ1) is 18.0. The fourth-order valence-electron chi connectivity index (χ4n) is 3.23. The van der Waals surface area contributed by atoms with Gasteiger partial charge in [-0.2, -0.15) is 15.0 Å². The molecule has 0 fully saturated rings. The standard InChI is InChI=1S/C27H26N6O4/c1-2-25(36)37-23-13-7-20(8-14-23)28-17-24-31-26(29-15-18-3-9-21(34)10-4-18)33-27(32-24)30-16-19-5-11-22(35)12-6-19/h2-14,28,34-35H,1,15-17H2,(H2,29,30,31,32,33). The van der Waals surface area contributed by atoms with Crippen LogP contribution in [0.2, 0.25) is 0 Å². The molecule has 37 heavy (non-hydrogen) atoms. The molecular formula is C27H26N6O4. The number of phenolic OH excluding ortho intramolecular Hbond substituents is 2. The number of hydrogen-bond donors (Lipinski definition) is 5. The highest BCUT2D eigenvalue weighted by molar-refractivity contribution is 5.83. The highest BCUT2D eigenvalue weighted by Crippen LogP contribution is 2.18. The predicted octanol–water partition coefficient (Wildman–Crippen LogP) is 4.21. The van der Waals surface area contributed by atoms with Crippen molar-refractivity contribution in [2.75, 3.05) is 16.0 Å². The van der Waals surface area contributed by atoms with Gasteiger partial charge in [0.1, 0.15) is 17.2 Å². The summed E-state index contributed by atoms with van der Waals surface area (Å²) in [5.41, 5.74) is 2.69. The molecule has 188 valence electrons. The Labute approximate surface area is 213 Å². The minimum Gasteiger partial charge on any atom is -0.508 e. The van der Waals surface area contributed by atoms with Gasteiger partial charge in [0.25, 0.3) is 0 Å². The van der Waals surface area contributed by atoms with Crippen molar-refractivity contribution in [1.82, 2.24) is 15.0 Å². The van der Waals surface area contributed by atoms with Gasteiger partial charge in [0.05, 0.1) is 6.54 Å². The summed E-state index contributed by atoms with van der Waals surface area (Å²) in [6.45, 7) is 4.61. The van der Waals surface area contributed by atoms with E-state index in [0.717, 1.165) is 22.9 Å². The Bertz CT molecular complexity index is 1280. The zero-order valence-corrected chi connectivity index (χ0v) is 19.9. The normalized spacial score (nSPS) is 10.4. The van der Waals surface area contributed by atoms with Gasteiger partial charge < -0.3 is 30.9 Å². The Balaban J connectivity index is 1.45. The van der Waals surface area contributed by atoms with Crippen molar-refractivity contribution in [3.63, 3.8) is 0 Å². The average Bonchev–Trinajstić information content (AvgIpc) is 2.92. The van der Waals surface area contributed by atoms with E-state index in [1.807, 2.05) is 24.3 Å². The Morgan fingerprint density at radius 3 is 1.73 bits per heavy atom. The number of carbonyl (C=O) groups excluding carboxylic acids is 1. The first-order valence-corrected chi connectivity index (χ1v) is 11.4. The summed E-state index contributed by atoms with van der Waals surface area (Å²) < 4.78 is 5.09. The fraction of sp³-hybridized carbons (Fsp3) is 0.111. The zero-order chi connectivity index (χ0) is 26.0. The summed E-state index contributed by atoms with van der Waals surface area (Å²) in [6.07, 6.45) is 1.10. The molecule has 0 saturated carbocycles. The smallest absolute Gasteiger partial charge is 0.335 e. The molecule has 0 bridgehead atoms. The summed E-state index contributed by atoms with van der Waals surface area (Å²) in [6, 6.07) is 20.6. The summed E-state index contributed by atoms with van der Waals surface area (Å²) >= 11 is 0. The van der Waals surface area contributed by atoms with Crippen molar-refractivity contribution in [2.45, 2.75) is 19.6 Å². The van der Waals surface area contributed by atoms with E-state index in [0.29, 0.717) is 43.1 Å². The van der Waals surface area contributed by atoms with Crippen LogP contribution >= 0.6 is 0 Å². The van der Waals surface area contributed by atoms with Crippen LogP contribution in [-0.4, -0.2) is 31.1 Å². The van der Waals surface area contributed by atoms with Crippen molar-refractivity contribution >= 4 is 23.6 Å². The molecule has 1 heterocycles. The third-order valence-corrected chi connectivity index (χ3v) is 5.15. The van der Waals surface area contributed by atoms with Crippen molar-refractivity contribution in [3.8, 4) is 17.2 Å². The van der Waals surface area contributed by atoms with Crippen LogP contribution < -0.4 is 20.7 Å². The quantitative estimate of drug-likeness (QED) is 0.116. The number of rotatable bonds is 11. The number of aromatic hydroxyl groups is 2. The summed E-state index contributed by atoms with van der Waals surface area (Å²) in [4.78, 5) is 24.9. The molecule has 0 atom stereocenters. The lowest BCUT2D eigenvalue weighted by Gasteiger charge is -2.12. The van der Waals surface area contributed by atoms with E-state index >= 15 is 0 Å². The monoisotopic (exact) mass is 498 g/mol. The number of phenols is 2. The maximum Gasteiger partial charge on any atom is 0.335 e. The second-order valence-corrected chi connectivity index (χ2v) is 7.94. The number of anilines is 3. The van der Waals surface area contributed by atoms with Crippen molar-refractivity contribution in [3.05, 3.63) is 102 Å². The lowest BCUT2D eigenvalue weighted by molar-refractivity contribution is -0.128. The van der Waals surface area contributed by atoms with Gasteiger partial charge in [-0.3, -0.25) is 0 Å². The molecule has 10 nitrogen and oxygen atoms in total. The maximum absolute atomic E-state index is 11.3. The van der Waals surface area contributed by atoms with Gasteiger partial charge in [0.2, 0.25) is 11.9 Å². The molecule has 0 aliphatic carbocycles. The second-order valence-electron chi connectivity index (χ2n) is 7.94. The van der Waals surface area contributed by atoms with Gasteiger partial charge in [0.15, 0.2) is 5.82 Å². The Hall–Kier alpha value is -5.12. The summed E-state index contributed by atoms with van der Waals surface area (Å²) in [7, 11) is 0. The van der Waals surface area contributed by atoms with Gasteiger partial charge in [-0.25, -0.2) is 4.79 Å². The third kappa shape index (κ3) is 7.69. The predicted molar refractivity (Wildman–Crippen MR) is 140 cm³/mol. The number of carbonyl (C=O) groups is 1. The SMILES string of the molecule is C=CC(=O)Oc1ccc(NCc2nc(NCc3ccc(O)cc3)nc(NCc3ccc(O)cc3)n2)cc1. The molecular weight excluding hydrogens is 472 g/mol. The molecule has 0 saturated heterocycles. The van der Waals surface area contributed by atoms with Gasteiger partial charge in [-0.05, 0) is 59.7 Å². The molecule has 3 aromatic carbocycles. The Kier molecular flexibility index (Phi) is 8.12. The van der Waals surface area contributed by atoms with Crippen LogP contribution in [-0.2, 0) is 24.4 Å². The highest BCUT2D eigenvalue weighted by Gasteiger charge is 2.08. The van der Waals surface area contributed by atoms with Crippen molar-refractivity contribution < 1.29 is 19.7 Å². The number of aromatic nitrogens is 3. The molecule has 0 amide bonds. The molecule has 4 aromatic rings. The number of nitrogens with one attached hydrogen (secondary N) is 3. The van der Waals surface area contributed by atoms with E-state index in [1.54, 1.807) is 48.5 Å². The van der Waals surface area contributed by atoms with Crippen LogP contribution in [0.5, 0.6) is 17.2 Å². The number of esters is 1. The van der Waals surface area contributed by atoms with Crippen LogP contribution in [0.4, 0.5) is 17.6 Å². The molecule has 0 aliphatic heterocycles. The maximum atomic E-state index is 11.3. The Morgan fingerprint density at radius 2 is 1.24 bits per heavy atom. The fourth-order valence-corrected chi connectivity index (χ4v) is 3.23. The first kappa shape index (κ1) is 25.0. The molecule has 0 unspecified atom stereocenters. The first-order valence-electron chi connectivity index (χ1n) is 11.4. The van der Waals surface area contributed by atoms with E-state index in [2.05, 4.69) is 37.5 Å². The second kappa shape index (κ2) is 12.0. The number of hydrogen-bond acceptors (Lipinski definition) is 10. The summed E-state index contributed by atoms with van der Waals surface area (Å²) in [5, 5.41) is 28.6. The van der Waals surface area contributed by atoms with E-state index in [1.165, 1.54) is 0 Å². The third-order valence-electron chi connectivity index (χ3n) is 5.15. The van der Waals surface area contributed by atoms with E-state index in [-0.39, 0.29) is 11.5 Å². The van der Waals surface area contributed by atoms with Crippen LogP contribution in [0.15, 0.2) is 85.5 Å². The molecule has 1 aromatic heterocycles.